The number of nitrogens with one attached hydrogen (secondary N) is 1. The summed E-state index contributed by atoms with van der Waals surface area (Å²) in [7, 11) is 4.55. The highest BCUT2D eigenvalue weighted by atomic mass is 16.6. The third-order valence-corrected chi connectivity index (χ3v) is 2.12. The number of rotatable bonds is 6. The normalized spacial score (nSPS) is 9.94. The molecule has 0 aromatic heterocycles. The molecule has 0 fully saturated rings. The van der Waals surface area contributed by atoms with Gasteiger partial charge in [0.15, 0.2) is 17.8 Å². The third-order valence-electron chi connectivity index (χ3n) is 2.12. The Kier molecular flexibility index (Phi) is 4.75. The van der Waals surface area contributed by atoms with E-state index in [0.29, 0.717) is 23.6 Å². The first kappa shape index (κ1) is 12.5. The van der Waals surface area contributed by atoms with Gasteiger partial charge in [-0.2, -0.15) is 5.48 Å². The van der Waals surface area contributed by atoms with E-state index in [0.717, 1.165) is 11.8 Å². The minimum atomic E-state index is 0.443. The summed E-state index contributed by atoms with van der Waals surface area (Å²) in [6.07, 6.45) is 0.734. The van der Waals surface area contributed by atoms with Crippen LogP contribution >= 0.6 is 0 Å². The maximum absolute atomic E-state index is 10.9. The third kappa shape index (κ3) is 2.71. The van der Waals surface area contributed by atoms with Crippen LogP contribution in [-0.2, 0) is 11.4 Å². The van der Waals surface area contributed by atoms with E-state index in [1.165, 1.54) is 21.3 Å². The molecule has 0 saturated carbocycles. The summed E-state index contributed by atoms with van der Waals surface area (Å²) in [5, 5.41) is 0. The van der Waals surface area contributed by atoms with Crippen LogP contribution in [0.4, 0.5) is 0 Å². The van der Waals surface area contributed by atoms with Gasteiger partial charge in [-0.15, -0.1) is 0 Å². The Morgan fingerprint density at radius 1 is 1.25 bits per heavy atom. The molecule has 88 valence electrons. The van der Waals surface area contributed by atoms with E-state index in [2.05, 4.69) is 5.48 Å². The highest BCUT2D eigenvalue weighted by Gasteiger charge is 2.11. The molecule has 0 aliphatic rings. The van der Waals surface area contributed by atoms with Gasteiger partial charge in [-0.25, -0.2) is 0 Å². The number of aldehydes is 1. The van der Waals surface area contributed by atoms with Crippen molar-refractivity contribution in [2.75, 3.05) is 21.3 Å². The Balaban J connectivity index is 3.10. The molecule has 0 unspecified atom stereocenters. The Hall–Kier alpha value is -1.59. The monoisotopic (exact) mass is 225 g/mol. The summed E-state index contributed by atoms with van der Waals surface area (Å²) in [6.45, 7) is 0.484. The molecule has 0 amide bonds. The van der Waals surface area contributed by atoms with E-state index in [9.17, 15) is 4.79 Å². The number of hydrogen-bond acceptors (Lipinski definition) is 5. The van der Waals surface area contributed by atoms with Crippen LogP contribution in [0.1, 0.15) is 15.9 Å². The van der Waals surface area contributed by atoms with Crippen molar-refractivity contribution in [2.24, 2.45) is 0 Å². The Morgan fingerprint density at radius 3 is 2.50 bits per heavy atom. The first-order valence-electron chi connectivity index (χ1n) is 4.72. The minimum absolute atomic E-state index is 0.443. The fraction of sp³-hybridized carbons (Fsp3) is 0.364. The second-order valence-corrected chi connectivity index (χ2v) is 3.06. The molecule has 0 saturated heterocycles. The van der Waals surface area contributed by atoms with E-state index in [1.54, 1.807) is 12.1 Å². The lowest BCUT2D eigenvalue weighted by molar-refractivity contribution is 0.0866. The number of carbonyl (C=O) groups excluding carboxylic acids is 1. The second kappa shape index (κ2) is 6.09. The molecule has 1 aromatic carbocycles. The Labute approximate surface area is 94.3 Å². The molecule has 0 bridgehead atoms. The standard InChI is InChI=1S/C11H15NO4/c1-14-10-5-8(6-12-16-3)4-9(7-13)11(10)15-2/h4-5,7,12H,6H2,1-3H3. The summed E-state index contributed by atoms with van der Waals surface area (Å²) in [4.78, 5) is 15.6. The van der Waals surface area contributed by atoms with Gasteiger partial charge in [0.2, 0.25) is 0 Å². The van der Waals surface area contributed by atoms with Crippen LogP contribution in [0.2, 0.25) is 0 Å². The molecule has 16 heavy (non-hydrogen) atoms. The van der Waals surface area contributed by atoms with E-state index in [4.69, 9.17) is 14.3 Å². The lowest BCUT2D eigenvalue weighted by atomic mass is 10.1. The number of carbonyl (C=O) groups is 1. The van der Waals surface area contributed by atoms with Crippen LogP contribution in [0.5, 0.6) is 11.5 Å². The van der Waals surface area contributed by atoms with Crippen LogP contribution in [0.25, 0.3) is 0 Å². The molecule has 0 radical (unpaired) electrons. The van der Waals surface area contributed by atoms with Gasteiger partial charge in [0.1, 0.15) is 0 Å². The van der Waals surface area contributed by atoms with Crippen molar-refractivity contribution in [3.05, 3.63) is 23.3 Å². The first-order valence-corrected chi connectivity index (χ1v) is 4.72. The highest BCUT2D eigenvalue weighted by molar-refractivity contribution is 5.81. The van der Waals surface area contributed by atoms with Crippen molar-refractivity contribution in [2.45, 2.75) is 6.54 Å². The van der Waals surface area contributed by atoms with Crippen LogP contribution in [0, 0.1) is 0 Å². The molecular weight excluding hydrogens is 210 g/mol. The average Bonchev–Trinajstić information content (AvgIpc) is 2.34. The van der Waals surface area contributed by atoms with Gasteiger partial charge in [0.25, 0.3) is 0 Å². The number of hydrogen-bond donors (Lipinski definition) is 1. The molecule has 0 aliphatic heterocycles. The van der Waals surface area contributed by atoms with Gasteiger partial charge in [-0.1, -0.05) is 0 Å². The molecule has 1 aromatic rings. The van der Waals surface area contributed by atoms with Gasteiger partial charge in [-0.05, 0) is 17.7 Å². The summed E-state index contributed by atoms with van der Waals surface area (Å²) in [5.74, 6) is 0.971. The molecule has 5 nitrogen and oxygen atoms in total. The van der Waals surface area contributed by atoms with Crippen LogP contribution in [0.3, 0.4) is 0 Å². The second-order valence-electron chi connectivity index (χ2n) is 3.06. The zero-order chi connectivity index (χ0) is 12.0. The molecule has 0 atom stereocenters. The molecule has 1 rings (SSSR count). The zero-order valence-corrected chi connectivity index (χ0v) is 9.57. The SMILES string of the molecule is CONCc1cc(C=O)c(OC)c(OC)c1. The lowest BCUT2D eigenvalue weighted by Gasteiger charge is -2.12. The molecule has 5 heteroatoms. The molecule has 0 heterocycles. The number of methoxy groups -OCH3 is 2. The fourth-order valence-electron chi connectivity index (χ4n) is 1.40. The maximum atomic E-state index is 10.9. The van der Waals surface area contributed by atoms with Gasteiger partial charge in [0, 0.05) is 6.54 Å². The van der Waals surface area contributed by atoms with Gasteiger partial charge < -0.3 is 14.3 Å². The summed E-state index contributed by atoms with van der Waals surface area (Å²) >= 11 is 0. The fourth-order valence-corrected chi connectivity index (χ4v) is 1.40. The molecule has 0 spiro atoms. The largest absolute Gasteiger partial charge is 0.493 e. The van der Waals surface area contributed by atoms with Crippen LogP contribution in [0.15, 0.2) is 12.1 Å². The van der Waals surface area contributed by atoms with Gasteiger partial charge in [-0.3, -0.25) is 4.79 Å². The average molecular weight is 225 g/mol. The van der Waals surface area contributed by atoms with E-state index in [-0.39, 0.29) is 0 Å². The summed E-state index contributed by atoms with van der Waals surface area (Å²) in [5.41, 5.74) is 4.02. The van der Waals surface area contributed by atoms with E-state index < -0.39 is 0 Å². The Bertz CT molecular complexity index is 365. The number of hydroxylamine groups is 1. The minimum Gasteiger partial charge on any atom is -0.493 e. The van der Waals surface area contributed by atoms with Crippen LogP contribution < -0.4 is 15.0 Å². The van der Waals surface area contributed by atoms with Crippen molar-refractivity contribution in [3.8, 4) is 11.5 Å². The van der Waals surface area contributed by atoms with Crippen molar-refractivity contribution in [1.82, 2.24) is 5.48 Å². The number of ether oxygens (including phenoxy) is 2. The predicted molar refractivity (Wildman–Crippen MR) is 58.8 cm³/mol. The van der Waals surface area contributed by atoms with Crippen molar-refractivity contribution >= 4 is 6.29 Å². The van der Waals surface area contributed by atoms with Gasteiger partial charge >= 0.3 is 0 Å². The van der Waals surface area contributed by atoms with Crippen molar-refractivity contribution < 1.29 is 19.1 Å². The van der Waals surface area contributed by atoms with Crippen LogP contribution in [-0.4, -0.2) is 27.6 Å². The molecular formula is C11H15NO4. The number of benzene rings is 1. The quantitative estimate of drug-likeness (QED) is 0.581. The molecule has 0 aliphatic carbocycles. The first-order chi connectivity index (χ1) is 7.76. The molecule has 1 N–H and O–H groups in total. The Morgan fingerprint density at radius 2 is 2.00 bits per heavy atom. The zero-order valence-electron chi connectivity index (χ0n) is 9.57. The van der Waals surface area contributed by atoms with E-state index >= 15 is 0 Å². The van der Waals surface area contributed by atoms with Crippen molar-refractivity contribution in [1.29, 1.82) is 0 Å². The maximum Gasteiger partial charge on any atom is 0.171 e. The van der Waals surface area contributed by atoms with Gasteiger partial charge in [0.05, 0.1) is 26.9 Å². The topological polar surface area (TPSA) is 56.8 Å². The summed E-state index contributed by atoms with van der Waals surface area (Å²) < 4.78 is 10.3. The highest BCUT2D eigenvalue weighted by Crippen LogP contribution is 2.31. The van der Waals surface area contributed by atoms with Crippen molar-refractivity contribution in [3.63, 3.8) is 0 Å². The summed E-state index contributed by atoms with van der Waals surface area (Å²) in [6, 6.07) is 3.51. The smallest absolute Gasteiger partial charge is 0.171 e. The predicted octanol–water partition coefficient (Wildman–Crippen LogP) is 1.17. The van der Waals surface area contributed by atoms with E-state index in [1.807, 2.05) is 0 Å². The lowest BCUT2D eigenvalue weighted by Crippen LogP contribution is -2.11.